The fourth-order valence-corrected chi connectivity index (χ4v) is 7.86. The van der Waals surface area contributed by atoms with Crippen LogP contribution in [0, 0.1) is 0 Å². The average Bonchev–Trinajstić information content (AvgIpc) is 3.45. The summed E-state index contributed by atoms with van der Waals surface area (Å²) >= 11 is 0. The van der Waals surface area contributed by atoms with Gasteiger partial charge in [0.2, 0.25) is 0 Å². The van der Waals surface area contributed by atoms with Gasteiger partial charge in [-0.1, -0.05) is 103 Å². The second-order valence-electron chi connectivity index (χ2n) is 13.0. The van der Waals surface area contributed by atoms with Crippen molar-refractivity contribution in [3.63, 3.8) is 0 Å². The lowest BCUT2D eigenvalue weighted by molar-refractivity contribution is -0.138. The van der Waals surface area contributed by atoms with Crippen LogP contribution in [0.5, 0.6) is 11.5 Å². The molecule has 2 aliphatic heterocycles. The fraction of sp³-hybridized carbons (Fsp3) is 0.119. The van der Waals surface area contributed by atoms with Gasteiger partial charge < -0.3 is 10.1 Å². The van der Waals surface area contributed by atoms with Crippen LogP contribution < -0.4 is 15.4 Å². The molecule has 2 atom stereocenters. The summed E-state index contributed by atoms with van der Waals surface area (Å²) in [4.78, 5) is 5.03. The Labute approximate surface area is 294 Å². The second kappa shape index (κ2) is 11.6. The molecule has 52 heavy (non-hydrogen) atoms. The Bertz CT molecular complexity index is 2340. The summed E-state index contributed by atoms with van der Waals surface area (Å²) in [5, 5.41) is 6.72. The minimum absolute atomic E-state index is 0.436. The summed E-state index contributed by atoms with van der Waals surface area (Å²) in [7, 11) is 0. The number of halogens is 6. The molecule has 258 valence electrons. The zero-order valence-electron chi connectivity index (χ0n) is 27.1. The quantitative estimate of drug-likeness (QED) is 0.180. The number of ether oxygens (including phenoxy) is 1. The smallest absolute Gasteiger partial charge is 0.416 e. The number of fused-ring (bicyclic) bond motifs is 9. The molecule has 1 aliphatic carbocycles. The maximum atomic E-state index is 13.5. The molecular formula is C42H27F6N3O. The summed E-state index contributed by atoms with van der Waals surface area (Å²) in [6.45, 7) is 0. The molecule has 1 spiro atoms. The van der Waals surface area contributed by atoms with Crippen LogP contribution in [0.3, 0.4) is 0 Å². The van der Waals surface area contributed by atoms with Crippen LogP contribution in [0.25, 0.3) is 11.1 Å². The van der Waals surface area contributed by atoms with E-state index in [9.17, 15) is 26.3 Å². The van der Waals surface area contributed by atoms with Crippen LogP contribution >= 0.6 is 0 Å². The van der Waals surface area contributed by atoms with Gasteiger partial charge in [-0.2, -0.15) is 26.3 Å². The van der Waals surface area contributed by atoms with E-state index in [4.69, 9.17) is 9.73 Å². The summed E-state index contributed by atoms with van der Waals surface area (Å²) in [6.07, 6.45) is -10.6. The first kappa shape index (κ1) is 32.1. The molecule has 0 saturated heterocycles. The maximum Gasteiger partial charge on any atom is 0.416 e. The van der Waals surface area contributed by atoms with Crippen LogP contribution in [0.15, 0.2) is 145 Å². The van der Waals surface area contributed by atoms with E-state index in [1.807, 2.05) is 60.7 Å². The third-order valence-electron chi connectivity index (χ3n) is 10.1. The lowest BCUT2D eigenvalue weighted by Crippen LogP contribution is -2.45. The van der Waals surface area contributed by atoms with Gasteiger partial charge >= 0.3 is 12.4 Å². The topological polar surface area (TPSA) is 45.6 Å². The molecule has 0 fully saturated rings. The molecule has 2 unspecified atom stereocenters. The Morgan fingerprint density at radius 1 is 0.519 bits per heavy atom. The predicted molar refractivity (Wildman–Crippen MR) is 185 cm³/mol. The van der Waals surface area contributed by atoms with E-state index >= 15 is 0 Å². The summed E-state index contributed by atoms with van der Waals surface area (Å²) in [5.74, 6) is 1.90. The van der Waals surface area contributed by atoms with Crippen molar-refractivity contribution < 1.29 is 31.1 Å². The van der Waals surface area contributed by atoms with Gasteiger partial charge in [0.15, 0.2) is 0 Å². The third kappa shape index (κ3) is 4.92. The first-order valence-electron chi connectivity index (χ1n) is 16.6. The third-order valence-corrected chi connectivity index (χ3v) is 10.1. The number of para-hydroxylation sites is 2. The van der Waals surface area contributed by atoms with Gasteiger partial charge in [0.25, 0.3) is 0 Å². The van der Waals surface area contributed by atoms with Gasteiger partial charge in [0.05, 0.1) is 16.5 Å². The van der Waals surface area contributed by atoms with Crippen molar-refractivity contribution in [2.45, 2.75) is 30.1 Å². The van der Waals surface area contributed by atoms with Gasteiger partial charge in [-0.25, -0.2) is 4.99 Å². The monoisotopic (exact) mass is 703 g/mol. The van der Waals surface area contributed by atoms with Crippen molar-refractivity contribution in [3.8, 4) is 22.6 Å². The SMILES string of the molecule is FC(F)(F)c1ccc(C2N=C(c3cccc4c3-c3ccccc3C43c4ccccc4Oc4ccccc43)NC(c3ccc(C(F)(F)F)cc3)N2)cc1. The number of nitrogens with one attached hydrogen (secondary N) is 2. The van der Waals surface area contributed by atoms with Crippen LogP contribution in [0.4, 0.5) is 26.3 Å². The van der Waals surface area contributed by atoms with Crippen molar-refractivity contribution in [1.82, 2.24) is 10.6 Å². The van der Waals surface area contributed by atoms with Crippen molar-refractivity contribution >= 4 is 5.84 Å². The normalized spacial score (nSPS) is 18.3. The first-order chi connectivity index (χ1) is 25.0. The molecule has 2 N–H and O–H groups in total. The molecule has 0 radical (unpaired) electrons. The predicted octanol–water partition coefficient (Wildman–Crippen LogP) is 10.5. The standard InChI is InChI=1S/C42H27F6N3O/c43-41(44,45)26-20-16-24(17-21-26)37-49-38(25-18-22-27(23-19-25)42(46,47)48)51-39(50-37)29-9-7-13-33-36(29)28-8-1-2-10-30(28)40(33)31-11-3-5-14-34(31)52-35-15-6-4-12-32(35)40/h1-23,37-38,49H,(H,50,51). The Balaban J connectivity index is 1.24. The van der Waals surface area contributed by atoms with Crippen molar-refractivity contribution in [2.24, 2.45) is 4.99 Å². The average molecular weight is 704 g/mol. The van der Waals surface area contributed by atoms with E-state index in [-0.39, 0.29) is 0 Å². The Morgan fingerprint density at radius 2 is 1.02 bits per heavy atom. The Kier molecular flexibility index (Phi) is 7.14. The minimum atomic E-state index is -4.52. The van der Waals surface area contributed by atoms with Crippen molar-refractivity contribution in [1.29, 1.82) is 0 Å². The number of aliphatic imine (C=N–C) groups is 1. The van der Waals surface area contributed by atoms with Crippen LogP contribution in [-0.4, -0.2) is 5.84 Å². The van der Waals surface area contributed by atoms with Gasteiger partial charge in [0.1, 0.15) is 29.7 Å². The highest BCUT2D eigenvalue weighted by Crippen LogP contribution is 2.62. The van der Waals surface area contributed by atoms with E-state index in [1.54, 1.807) is 0 Å². The van der Waals surface area contributed by atoms with E-state index in [1.165, 1.54) is 24.3 Å². The van der Waals surface area contributed by atoms with Crippen molar-refractivity contribution in [3.05, 3.63) is 190 Å². The zero-order valence-corrected chi connectivity index (χ0v) is 27.1. The second-order valence-corrected chi connectivity index (χ2v) is 13.0. The van der Waals surface area contributed by atoms with E-state index in [0.717, 1.165) is 74.7 Å². The highest BCUT2D eigenvalue weighted by atomic mass is 19.4. The summed E-state index contributed by atoms with van der Waals surface area (Å²) in [5.41, 5.74) is 5.23. The van der Waals surface area contributed by atoms with Gasteiger partial charge in [-0.3, -0.25) is 5.32 Å². The molecule has 0 aromatic heterocycles. The molecule has 2 heterocycles. The fourth-order valence-electron chi connectivity index (χ4n) is 7.86. The highest BCUT2D eigenvalue weighted by molar-refractivity contribution is 6.08. The molecule has 6 aromatic carbocycles. The molecule has 3 aliphatic rings. The van der Waals surface area contributed by atoms with E-state index in [2.05, 4.69) is 41.0 Å². The molecule has 9 rings (SSSR count). The lowest BCUT2D eigenvalue weighted by atomic mass is 9.66. The Morgan fingerprint density at radius 3 is 1.62 bits per heavy atom. The minimum Gasteiger partial charge on any atom is -0.457 e. The zero-order chi connectivity index (χ0) is 35.8. The molecule has 4 nitrogen and oxygen atoms in total. The number of hydrogen-bond acceptors (Lipinski definition) is 4. The largest absolute Gasteiger partial charge is 0.457 e. The lowest BCUT2D eigenvalue weighted by Gasteiger charge is -2.39. The number of hydrogen-bond donors (Lipinski definition) is 2. The first-order valence-corrected chi connectivity index (χ1v) is 16.6. The van der Waals surface area contributed by atoms with Crippen molar-refractivity contribution in [2.75, 3.05) is 0 Å². The summed E-state index contributed by atoms with van der Waals surface area (Å²) in [6, 6.07) is 39.6. The number of benzene rings is 6. The van der Waals surface area contributed by atoms with Crippen LogP contribution in [-0.2, 0) is 17.8 Å². The van der Waals surface area contributed by atoms with Gasteiger partial charge in [-0.15, -0.1) is 0 Å². The number of rotatable bonds is 3. The van der Waals surface area contributed by atoms with Gasteiger partial charge in [-0.05, 0) is 69.8 Å². The Hall–Kier alpha value is -5.87. The molecular weight excluding hydrogens is 676 g/mol. The molecule has 6 aromatic rings. The van der Waals surface area contributed by atoms with Crippen LogP contribution in [0.2, 0.25) is 0 Å². The molecule has 0 saturated carbocycles. The molecule has 0 amide bonds. The van der Waals surface area contributed by atoms with E-state index in [0.29, 0.717) is 17.0 Å². The van der Waals surface area contributed by atoms with E-state index < -0.39 is 41.2 Å². The van der Waals surface area contributed by atoms with Gasteiger partial charge in [0, 0.05) is 16.7 Å². The number of amidine groups is 1. The summed E-state index contributed by atoms with van der Waals surface area (Å²) < 4.78 is 87.4. The molecule has 10 heteroatoms. The number of alkyl halides is 6. The number of nitrogens with zero attached hydrogens (tertiary/aromatic N) is 1. The molecule has 0 bridgehead atoms. The van der Waals surface area contributed by atoms with Crippen LogP contribution in [0.1, 0.15) is 62.4 Å². The highest BCUT2D eigenvalue weighted by Gasteiger charge is 2.51. The maximum absolute atomic E-state index is 13.5.